The van der Waals surface area contributed by atoms with E-state index in [1.165, 1.54) is 30.0 Å². The number of piperidine rings is 1. The van der Waals surface area contributed by atoms with Gasteiger partial charge in [0.25, 0.3) is 5.91 Å². The summed E-state index contributed by atoms with van der Waals surface area (Å²) in [6.45, 7) is 1.99. The van der Waals surface area contributed by atoms with Crippen LogP contribution >= 0.6 is 0 Å². The lowest BCUT2D eigenvalue weighted by atomic mass is 10.2. The predicted molar refractivity (Wildman–Crippen MR) is 87.5 cm³/mol. The number of halogens is 2. The fourth-order valence-electron chi connectivity index (χ4n) is 3.61. The summed E-state index contributed by atoms with van der Waals surface area (Å²) in [5, 5.41) is 11.9. The molecule has 0 radical (unpaired) electrons. The van der Waals surface area contributed by atoms with Crippen molar-refractivity contribution in [1.82, 2.24) is 20.8 Å². The van der Waals surface area contributed by atoms with Crippen LogP contribution in [0.25, 0.3) is 0 Å². The van der Waals surface area contributed by atoms with Crippen molar-refractivity contribution in [2.24, 2.45) is 11.8 Å². The van der Waals surface area contributed by atoms with E-state index < -0.39 is 17.5 Å². The lowest BCUT2D eigenvalue weighted by Gasteiger charge is -2.20. The molecule has 1 aromatic heterocycles. The number of hydrogen-bond donors (Lipinski definition) is 3. The molecule has 2 fully saturated rings. The first-order valence-corrected chi connectivity index (χ1v) is 8.25. The molecule has 2 atom stereocenters. The minimum absolute atomic E-state index is 0.183. The van der Waals surface area contributed by atoms with Crippen LogP contribution in [0.2, 0.25) is 0 Å². The highest BCUT2D eigenvalue weighted by Gasteiger charge is 2.55. The van der Waals surface area contributed by atoms with Gasteiger partial charge in [0.05, 0.1) is 5.56 Å². The zero-order valence-corrected chi connectivity index (χ0v) is 13.7. The molecule has 136 valence electrons. The monoisotopic (exact) mass is 361 g/mol. The molecule has 2 unspecified atom stereocenters. The maximum atomic E-state index is 13.2. The molecule has 1 saturated carbocycles. The number of aromatic nitrogens is 2. The number of rotatable bonds is 5. The molecule has 0 bridgehead atoms. The molecule has 2 heterocycles. The van der Waals surface area contributed by atoms with Gasteiger partial charge in [0.1, 0.15) is 11.6 Å². The minimum atomic E-state index is -0.654. The van der Waals surface area contributed by atoms with E-state index in [4.69, 9.17) is 5.21 Å². The van der Waals surface area contributed by atoms with E-state index in [0.29, 0.717) is 35.9 Å². The van der Waals surface area contributed by atoms with Gasteiger partial charge < -0.3 is 10.2 Å². The van der Waals surface area contributed by atoms with Crippen LogP contribution in [0.3, 0.4) is 0 Å². The highest BCUT2D eigenvalue weighted by atomic mass is 19.1. The molecule has 1 saturated heterocycles. The van der Waals surface area contributed by atoms with E-state index in [2.05, 4.69) is 15.3 Å². The highest BCUT2D eigenvalue weighted by molar-refractivity contribution is 5.92. The normalized spacial score (nSPS) is 23.7. The summed E-state index contributed by atoms with van der Waals surface area (Å²) < 4.78 is 26.4. The van der Waals surface area contributed by atoms with Gasteiger partial charge in [-0.15, -0.1) is 0 Å². The van der Waals surface area contributed by atoms with Crippen molar-refractivity contribution in [3.05, 3.63) is 53.4 Å². The third-order valence-corrected chi connectivity index (χ3v) is 4.94. The van der Waals surface area contributed by atoms with Gasteiger partial charge in [-0.3, -0.25) is 10.0 Å². The predicted octanol–water partition coefficient (Wildman–Crippen LogP) is 1.10. The number of fused-ring (bicyclic) bond motifs is 1. The average molecular weight is 361 g/mol. The molecule has 2 aliphatic rings. The topological polar surface area (TPSA) is 90.4 Å². The second kappa shape index (κ2) is 6.58. The van der Waals surface area contributed by atoms with Crippen LogP contribution in [0, 0.1) is 23.5 Å². The van der Waals surface area contributed by atoms with Crippen molar-refractivity contribution in [3.63, 3.8) is 0 Å². The van der Waals surface area contributed by atoms with Crippen molar-refractivity contribution in [2.45, 2.75) is 12.6 Å². The van der Waals surface area contributed by atoms with Crippen LogP contribution in [0.5, 0.6) is 0 Å². The van der Waals surface area contributed by atoms with Crippen molar-refractivity contribution < 1.29 is 18.8 Å². The minimum Gasteiger partial charge on any atom is -0.340 e. The molecule has 1 aliphatic carbocycles. The summed E-state index contributed by atoms with van der Waals surface area (Å²) in [7, 11) is 0. The number of amides is 1. The standard InChI is InChI=1S/C17H17F2N5O2/c18-11-1-9(2-12(19)3-11)4-20-15-13-7-24(8-14(13)15)17-21-5-10(6-22-17)16(25)23-26/h1-3,5-6,13-15,20,26H,4,7-8H2,(H,23,25). The van der Waals surface area contributed by atoms with Crippen molar-refractivity contribution >= 4 is 11.9 Å². The Morgan fingerprint density at radius 2 is 1.77 bits per heavy atom. The van der Waals surface area contributed by atoms with Crippen molar-refractivity contribution in [3.8, 4) is 0 Å². The van der Waals surface area contributed by atoms with Crippen LogP contribution in [0.4, 0.5) is 14.7 Å². The van der Waals surface area contributed by atoms with E-state index in [0.717, 1.165) is 19.2 Å². The lowest BCUT2D eigenvalue weighted by molar-refractivity contribution is 0.0705. The van der Waals surface area contributed by atoms with Gasteiger partial charge in [0.2, 0.25) is 5.95 Å². The maximum Gasteiger partial charge on any atom is 0.277 e. The Labute approximate surface area is 148 Å². The molecule has 1 aliphatic heterocycles. The molecular weight excluding hydrogens is 344 g/mol. The Balaban J connectivity index is 1.30. The second-order valence-corrected chi connectivity index (χ2v) is 6.63. The number of hydrogen-bond acceptors (Lipinski definition) is 6. The molecule has 2 aromatic rings. The molecule has 0 spiro atoms. The first-order chi connectivity index (χ1) is 12.5. The summed E-state index contributed by atoms with van der Waals surface area (Å²) >= 11 is 0. The highest BCUT2D eigenvalue weighted by Crippen LogP contribution is 2.46. The van der Waals surface area contributed by atoms with Crippen molar-refractivity contribution in [2.75, 3.05) is 18.0 Å². The number of nitrogens with zero attached hydrogens (tertiary/aromatic N) is 3. The zero-order chi connectivity index (χ0) is 18.3. The first kappa shape index (κ1) is 16.8. The van der Waals surface area contributed by atoms with Gasteiger partial charge in [-0.1, -0.05) is 0 Å². The lowest BCUT2D eigenvalue weighted by Crippen LogP contribution is -2.32. The molecule has 1 aromatic carbocycles. The molecule has 7 nitrogen and oxygen atoms in total. The molecule has 9 heteroatoms. The van der Waals surface area contributed by atoms with E-state index >= 15 is 0 Å². The van der Waals surface area contributed by atoms with Crippen LogP contribution < -0.4 is 15.7 Å². The molecule has 26 heavy (non-hydrogen) atoms. The summed E-state index contributed by atoms with van der Waals surface area (Å²) in [5.41, 5.74) is 2.31. The van der Waals surface area contributed by atoms with Crippen LogP contribution in [-0.4, -0.2) is 40.2 Å². The average Bonchev–Trinajstić information content (AvgIpc) is 3.08. The fourth-order valence-corrected chi connectivity index (χ4v) is 3.61. The van der Waals surface area contributed by atoms with E-state index in [1.807, 2.05) is 4.90 Å². The van der Waals surface area contributed by atoms with Gasteiger partial charge in [0, 0.05) is 44.1 Å². The van der Waals surface area contributed by atoms with E-state index in [1.54, 1.807) is 0 Å². The number of benzene rings is 1. The van der Waals surface area contributed by atoms with Gasteiger partial charge in [-0.25, -0.2) is 24.2 Å². The quantitative estimate of drug-likeness (QED) is 0.546. The largest absolute Gasteiger partial charge is 0.340 e. The van der Waals surface area contributed by atoms with Gasteiger partial charge >= 0.3 is 0 Å². The van der Waals surface area contributed by atoms with Crippen LogP contribution in [-0.2, 0) is 6.54 Å². The molecule has 3 N–H and O–H groups in total. The fraction of sp³-hybridized carbons (Fsp3) is 0.353. The number of carbonyl (C=O) groups excluding carboxylic acids is 1. The van der Waals surface area contributed by atoms with Crippen molar-refractivity contribution in [1.29, 1.82) is 0 Å². The number of carbonyl (C=O) groups is 1. The summed E-state index contributed by atoms with van der Waals surface area (Å²) in [6.07, 6.45) is 2.73. The Hall–Kier alpha value is -2.65. The van der Waals surface area contributed by atoms with E-state index in [-0.39, 0.29) is 5.56 Å². The molecule has 4 rings (SSSR count). The number of hydroxylamine groups is 1. The van der Waals surface area contributed by atoms with Crippen LogP contribution in [0.1, 0.15) is 15.9 Å². The maximum absolute atomic E-state index is 13.2. The third kappa shape index (κ3) is 3.23. The SMILES string of the molecule is O=C(NO)c1cnc(N2CC3C(C2)C3NCc2cc(F)cc(F)c2)nc1. The van der Waals surface area contributed by atoms with Gasteiger partial charge in [0.15, 0.2) is 0 Å². The Kier molecular flexibility index (Phi) is 4.25. The van der Waals surface area contributed by atoms with Crippen LogP contribution in [0.15, 0.2) is 30.6 Å². The Morgan fingerprint density at radius 1 is 1.15 bits per heavy atom. The molecule has 1 amide bonds. The Morgan fingerprint density at radius 3 is 2.35 bits per heavy atom. The zero-order valence-electron chi connectivity index (χ0n) is 13.7. The molecular formula is C17H17F2N5O2. The smallest absolute Gasteiger partial charge is 0.277 e. The summed E-state index contributed by atoms with van der Waals surface area (Å²) in [4.78, 5) is 21.6. The van der Waals surface area contributed by atoms with Gasteiger partial charge in [-0.05, 0) is 29.5 Å². The number of nitrogens with one attached hydrogen (secondary N) is 2. The summed E-state index contributed by atoms with van der Waals surface area (Å²) in [5.74, 6) is -0.370. The Bertz CT molecular complexity index is 800. The van der Waals surface area contributed by atoms with E-state index in [9.17, 15) is 13.6 Å². The number of anilines is 1. The summed E-state index contributed by atoms with van der Waals surface area (Å²) in [6, 6.07) is 3.84. The van der Waals surface area contributed by atoms with Gasteiger partial charge in [-0.2, -0.15) is 0 Å². The second-order valence-electron chi connectivity index (χ2n) is 6.63. The third-order valence-electron chi connectivity index (χ3n) is 4.94. The first-order valence-electron chi connectivity index (χ1n) is 8.25.